The average Bonchev–Trinajstić information content (AvgIpc) is 3.94. The Labute approximate surface area is 290 Å². The summed E-state index contributed by atoms with van der Waals surface area (Å²) in [5.74, 6) is -2.07. The Bertz CT molecular complexity index is 1830. The van der Waals surface area contributed by atoms with E-state index in [0.717, 1.165) is 6.42 Å². The molecule has 1 saturated heterocycles. The van der Waals surface area contributed by atoms with Crippen LogP contribution in [0.15, 0.2) is 36.5 Å². The number of carbonyl (C=O) groups is 4. The zero-order valence-corrected chi connectivity index (χ0v) is 29.4. The van der Waals surface area contributed by atoms with Gasteiger partial charge in [-0.2, -0.15) is 0 Å². The number of nitrogens with zero attached hydrogens (tertiary/aromatic N) is 3. The predicted molar refractivity (Wildman–Crippen MR) is 181 cm³/mol. The lowest BCUT2D eigenvalue weighted by molar-refractivity contribution is -0.142. The zero-order chi connectivity index (χ0) is 36.0. The molecule has 2 saturated carbocycles. The number of fused-ring (bicyclic) bond motifs is 3. The number of hydrogen-bond acceptors (Lipinski definition) is 10. The number of amides is 4. The Balaban J connectivity index is 1.31. The minimum atomic E-state index is -3.99. The molecule has 270 valence electrons. The maximum Gasteiger partial charge on any atom is 0.405 e. The number of nitrogens with one attached hydrogen (secondary N) is 3. The van der Waals surface area contributed by atoms with Crippen LogP contribution in [0.25, 0.3) is 11.0 Å². The molecule has 4 aliphatic rings. The topological polar surface area (TPSA) is 206 Å². The Kier molecular flexibility index (Phi) is 9.43. The van der Waals surface area contributed by atoms with Crippen molar-refractivity contribution < 1.29 is 42.2 Å². The molecule has 4 amide bonds. The summed E-state index contributed by atoms with van der Waals surface area (Å²) in [5.41, 5.74) is -0.428. The van der Waals surface area contributed by atoms with Gasteiger partial charge in [-0.15, -0.1) is 0 Å². The summed E-state index contributed by atoms with van der Waals surface area (Å²) in [4.78, 5) is 64.3. The van der Waals surface area contributed by atoms with E-state index in [2.05, 4.69) is 25.3 Å². The number of hydrogen-bond donors (Lipinski definition) is 4. The van der Waals surface area contributed by atoms with Crippen LogP contribution in [0.4, 0.5) is 4.79 Å². The molecule has 2 aromatic rings. The second kappa shape index (κ2) is 13.3. The summed E-state index contributed by atoms with van der Waals surface area (Å²) in [6, 6.07) is 2.86. The Morgan fingerprint density at radius 1 is 1.14 bits per heavy atom. The van der Waals surface area contributed by atoms with E-state index in [1.807, 2.05) is 19.1 Å². The number of carbonyl (C=O) groups excluding carboxylic acids is 3. The number of methoxy groups -OCH3 is 1. The summed E-state index contributed by atoms with van der Waals surface area (Å²) in [7, 11) is -2.45. The fraction of sp³-hybridized carbons (Fsp3) is 0.588. The van der Waals surface area contributed by atoms with Gasteiger partial charge in [0.25, 0.3) is 5.91 Å². The van der Waals surface area contributed by atoms with E-state index in [9.17, 15) is 32.7 Å². The van der Waals surface area contributed by atoms with E-state index in [-0.39, 0.29) is 31.2 Å². The molecule has 1 aromatic carbocycles. The van der Waals surface area contributed by atoms with Crippen molar-refractivity contribution in [2.24, 2.45) is 17.8 Å². The third kappa shape index (κ3) is 7.07. The van der Waals surface area contributed by atoms with Crippen molar-refractivity contribution in [3.8, 4) is 11.6 Å². The lowest BCUT2D eigenvalue weighted by Gasteiger charge is -2.32. The Hall–Kier alpha value is -4.47. The van der Waals surface area contributed by atoms with Gasteiger partial charge in [-0.1, -0.05) is 26.0 Å². The number of allylic oxidation sites excluding steroid dienone is 1. The van der Waals surface area contributed by atoms with Gasteiger partial charge in [0.15, 0.2) is 0 Å². The first-order valence-electron chi connectivity index (χ1n) is 17.0. The molecule has 0 radical (unpaired) electrons. The zero-order valence-electron chi connectivity index (χ0n) is 28.5. The lowest BCUT2D eigenvalue weighted by Crippen LogP contribution is -2.59. The van der Waals surface area contributed by atoms with Crippen LogP contribution in [0.3, 0.4) is 0 Å². The summed E-state index contributed by atoms with van der Waals surface area (Å²) < 4.78 is 38.7. The molecule has 0 spiro atoms. The van der Waals surface area contributed by atoms with Crippen LogP contribution in [0.5, 0.6) is 11.6 Å². The fourth-order valence-electron chi connectivity index (χ4n) is 7.06. The molecule has 16 heteroatoms. The van der Waals surface area contributed by atoms with Crippen LogP contribution < -0.4 is 24.8 Å². The van der Waals surface area contributed by atoms with E-state index in [4.69, 9.17) is 9.47 Å². The molecule has 2 aliphatic heterocycles. The number of benzene rings is 1. The van der Waals surface area contributed by atoms with E-state index >= 15 is 0 Å². The second-order valence-corrected chi connectivity index (χ2v) is 16.6. The maximum absolute atomic E-state index is 14.3. The standard InChI is InChI=1S/C34H44N6O9S/c1-19-7-5-6-8-21-16-34(21,31(43)39-50(46,47)33(3)11-12-33)38-29(41)26-15-23(18-40(26)30(42)28(20(2)13-19)37-32(44)45)49-27-17-35-25-14-22(48-4)9-10-24(25)36-27/h6,8-10,14,17,19-21,23,26,28,37H,5,7,11-13,15-16,18H2,1-4H3,(H,38,41)(H,39,43)(H,44,45)/b8-6-/t19-,20-,21-,23-,26+,28+,34-/m1/s1. The van der Waals surface area contributed by atoms with Gasteiger partial charge in [0.2, 0.25) is 27.7 Å². The highest BCUT2D eigenvalue weighted by Crippen LogP contribution is 2.47. The first-order valence-corrected chi connectivity index (χ1v) is 18.5. The van der Waals surface area contributed by atoms with Crippen LogP contribution in [0.1, 0.15) is 65.7 Å². The highest BCUT2D eigenvalue weighted by atomic mass is 32.2. The number of sulfonamides is 1. The highest BCUT2D eigenvalue weighted by Gasteiger charge is 2.63. The lowest BCUT2D eigenvalue weighted by atomic mass is 9.88. The molecule has 0 unspecified atom stereocenters. The minimum Gasteiger partial charge on any atom is -0.497 e. The van der Waals surface area contributed by atoms with Gasteiger partial charge in [-0.3, -0.25) is 19.1 Å². The minimum absolute atomic E-state index is 0.000940. The third-order valence-electron chi connectivity index (χ3n) is 10.5. The van der Waals surface area contributed by atoms with Crippen LogP contribution in [-0.2, 0) is 24.4 Å². The van der Waals surface area contributed by atoms with Gasteiger partial charge in [-0.25, -0.2) is 23.2 Å². The maximum atomic E-state index is 14.3. The van der Waals surface area contributed by atoms with Crippen LogP contribution in [-0.4, -0.2) is 94.3 Å². The van der Waals surface area contributed by atoms with E-state index in [0.29, 0.717) is 42.5 Å². The predicted octanol–water partition coefficient (Wildman–Crippen LogP) is 2.51. The van der Waals surface area contributed by atoms with E-state index < -0.39 is 74.1 Å². The molecule has 7 atom stereocenters. The summed E-state index contributed by atoms with van der Waals surface area (Å²) >= 11 is 0. The average molecular weight is 713 g/mol. The summed E-state index contributed by atoms with van der Waals surface area (Å²) in [6.07, 6.45) is 6.04. The highest BCUT2D eigenvalue weighted by molar-refractivity contribution is 7.91. The van der Waals surface area contributed by atoms with E-state index in [1.165, 1.54) is 11.1 Å². The molecule has 2 aliphatic carbocycles. The van der Waals surface area contributed by atoms with Gasteiger partial charge in [-0.05, 0) is 69.4 Å². The second-order valence-electron chi connectivity index (χ2n) is 14.5. The first kappa shape index (κ1) is 35.4. The van der Waals surface area contributed by atoms with E-state index in [1.54, 1.807) is 39.2 Å². The van der Waals surface area contributed by atoms with Gasteiger partial charge in [0.1, 0.15) is 29.5 Å². The number of carboxylic acid groups (broad SMARTS) is 1. The molecule has 50 heavy (non-hydrogen) atoms. The van der Waals surface area contributed by atoms with Crippen molar-refractivity contribution in [3.05, 3.63) is 36.5 Å². The number of rotatable bonds is 7. The summed E-state index contributed by atoms with van der Waals surface area (Å²) in [6.45, 7) is 5.32. The number of aromatic nitrogens is 2. The monoisotopic (exact) mass is 712 g/mol. The van der Waals surface area contributed by atoms with Crippen LogP contribution >= 0.6 is 0 Å². The molecular weight excluding hydrogens is 668 g/mol. The van der Waals surface area contributed by atoms with Crippen molar-refractivity contribution >= 4 is 44.9 Å². The van der Waals surface area contributed by atoms with Gasteiger partial charge in [0, 0.05) is 18.4 Å². The van der Waals surface area contributed by atoms with Gasteiger partial charge in [0.05, 0.1) is 35.6 Å². The van der Waals surface area contributed by atoms with Gasteiger partial charge < -0.3 is 30.1 Å². The smallest absolute Gasteiger partial charge is 0.405 e. The Morgan fingerprint density at radius 2 is 1.90 bits per heavy atom. The third-order valence-corrected chi connectivity index (χ3v) is 12.7. The SMILES string of the molecule is COc1ccc2nc(O[C@@H]3C[C@H]4C(=O)N[C@]5(C(=O)NS(=O)(=O)C6(C)CC6)C[C@H]5/C=C\CC[C@@H](C)C[C@@H](C)[C@H](NC(=O)O)C(=O)N4C3)cnc2c1. The molecule has 15 nitrogen and oxygen atoms in total. The van der Waals surface area contributed by atoms with Crippen molar-refractivity contribution in [1.29, 1.82) is 0 Å². The van der Waals surface area contributed by atoms with Gasteiger partial charge >= 0.3 is 6.09 Å². The molecule has 0 bridgehead atoms. The quantitative estimate of drug-likeness (QED) is 0.307. The largest absolute Gasteiger partial charge is 0.497 e. The van der Waals surface area contributed by atoms with Crippen molar-refractivity contribution in [2.75, 3.05) is 13.7 Å². The molecule has 4 N–H and O–H groups in total. The molecule has 6 rings (SSSR count). The molecule has 3 fully saturated rings. The molecule has 1 aromatic heterocycles. The normalized spacial score (nSPS) is 31.6. The fourth-order valence-corrected chi connectivity index (χ4v) is 8.37. The first-order chi connectivity index (χ1) is 23.6. The van der Waals surface area contributed by atoms with Crippen molar-refractivity contribution in [3.63, 3.8) is 0 Å². The van der Waals surface area contributed by atoms with Crippen molar-refractivity contribution in [2.45, 2.75) is 94.2 Å². The molecule has 3 heterocycles. The van der Waals surface area contributed by atoms with Crippen LogP contribution in [0.2, 0.25) is 0 Å². The van der Waals surface area contributed by atoms with Crippen molar-refractivity contribution in [1.82, 2.24) is 30.2 Å². The number of ether oxygens (including phenoxy) is 2. The summed E-state index contributed by atoms with van der Waals surface area (Å²) in [5, 5.41) is 14.9. The Morgan fingerprint density at radius 3 is 2.60 bits per heavy atom. The van der Waals surface area contributed by atoms with Crippen LogP contribution in [0, 0.1) is 17.8 Å². The molecular formula is C34H44N6O9S.